The highest BCUT2D eigenvalue weighted by molar-refractivity contribution is 7.81. The Balaban J connectivity index is 2.30. The predicted octanol–water partition coefficient (Wildman–Crippen LogP) is 1.77. The summed E-state index contributed by atoms with van der Waals surface area (Å²) in [6.07, 6.45) is 0. The summed E-state index contributed by atoms with van der Waals surface area (Å²) in [6.45, 7) is 0. The first-order chi connectivity index (χ1) is 12.6. The molecular weight excluding hydrogens is 384 g/mol. The van der Waals surface area contributed by atoms with E-state index in [9.17, 15) is 28.5 Å². The lowest BCUT2D eigenvalue weighted by atomic mass is 10.1. The predicted molar refractivity (Wildman–Crippen MR) is 91.6 cm³/mol. The molecule has 10 nitrogen and oxygen atoms in total. The average Bonchev–Trinajstić information content (AvgIpc) is 2.55. The van der Waals surface area contributed by atoms with Crippen molar-refractivity contribution in [2.24, 2.45) is 0 Å². The summed E-state index contributed by atoms with van der Waals surface area (Å²) in [5.74, 6) is -2.75. The molecule has 4 N–H and O–H groups in total. The summed E-state index contributed by atoms with van der Waals surface area (Å²) in [5.41, 5.74) is -0.758. The molecule has 0 bridgehead atoms. The summed E-state index contributed by atoms with van der Waals surface area (Å²) in [4.78, 5) is 12.4. The Labute approximate surface area is 151 Å². The molecule has 2 aromatic carbocycles. The maximum atomic E-state index is 12.4. The number of rotatable bonds is 4. The Morgan fingerprint density at radius 2 is 1.74 bits per heavy atom. The van der Waals surface area contributed by atoms with Crippen molar-refractivity contribution in [1.82, 2.24) is 0 Å². The van der Waals surface area contributed by atoms with Crippen molar-refractivity contribution in [2.45, 2.75) is 0 Å². The van der Waals surface area contributed by atoms with Gasteiger partial charge in [0, 0.05) is 17.7 Å². The molecule has 0 aliphatic rings. The van der Waals surface area contributed by atoms with Gasteiger partial charge in [-0.15, -0.1) is 0 Å². The Morgan fingerprint density at radius 3 is 2.33 bits per heavy atom. The normalized spacial score (nSPS) is 11.5. The molecule has 0 aliphatic carbocycles. The van der Waals surface area contributed by atoms with Crippen molar-refractivity contribution in [3.05, 3.63) is 40.6 Å². The van der Waals surface area contributed by atoms with E-state index in [4.69, 9.17) is 13.7 Å². The molecule has 0 saturated carbocycles. The largest absolute Gasteiger partial charge is 0.504 e. The molecule has 0 spiro atoms. The topological polar surface area (TPSA) is 164 Å². The van der Waals surface area contributed by atoms with Crippen LogP contribution in [0.15, 0.2) is 39.5 Å². The van der Waals surface area contributed by atoms with Crippen LogP contribution in [0.2, 0.25) is 0 Å². The van der Waals surface area contributed by atoms with E-state index in [2.05, 4.69) is 4.18 Å². The van der Waals surface area contributed by atoms with Crippen LogP contribution in [0.1, 0.15) is 0 Å². The Hall–Kier alpha value is -3.44. The van der Waals surface area contributed by atoms with Crippen LogP contribution in [0.5, 0.6) is 28.7 Å². The van der Waals surface area contributed by atoms with E-state index in [-0.39, 0.29) is 28.0 Å². The summed E-state index contributed by atoms with van der Waals surface area (Å²) >= 11 is 0. The fourth-order valence-corrected chi connectivity index (χ4v) is 2.80. The maximum Gasteiger partial charge on any atom is 0.446 e. The number of phenolic OH excluding ortho intramolecular Hbond substituents is 3. The monoisotopic (exact) mass is 396 g/mol. The van der Waals surface area contributed by atoms with Crippen LogP contribution >= 0.6 is 0 Å². The SMILES string of the molecule is COc1c(OS(=O)(=O)O)cc2oc(-c3ccc(O)c(O)c3)cc(=O)c2c1O. The average molecular weight is 396 g/mol. The third-order valence-electron chi connectivity index (χ3n) is 3.57. The first-order valence-corrected chi connectivity index (χ1v) is 8.54. The van der Waals surface area contributed by atoms with E-state index in [1.54, 1.807) is 0 Å². The quantitative estimate of drug-likeness (QED) is 0.377. The molecule has 0 atom stereocenters. The van der Waals surface area contributed by atoms with Gasteiger partial charge in [0.15, 0.2) is 28.4 Å². The molecule has 27 heavy (non-hydrogen) atoms. The second-order valence-corrected chi connectivity index (χ2v) is 6.34. The van der Waals surface area contributed by atoms with Crippen LogP contribution in [0.3, 0.4) is 0 Å². The molecule has 3 aromatic rings. The van der Waals surface area contributed by atoms with Crippen LogP contribution in [-0.4, -0.2) is 35.4 Å². The van der Waals surface area contributed by atoms with Crippen molar-refractivity contribution in [1.29, 1.82) is 0 Å². The number of fused-ring (bicyclic) bond motifs is 1. The van der Waals surface area contributed by atoms with Crippen molar-refractivity contribution < 1.29 is 41.6 Å². The number of methoxy groups -OCH3 is 1. The number of benzene rings is 2. The molecule has 142 valence electrons. The van der Waals surface area contributed by atoms with Gasteiger partial charge < -0.3 is 28.7 Å². The standard InChI is InChI=1S/C16H12O10S/c1-24-16-13(26-27(21,22)23)6-12-14(15(16)20)10(19)5-11(25-12)7-2-3-8(17)9(18)4-7/h2-6,17-18,20H,1H3,(H,21,22,23). The lowest BCUT2D eigenvalue weighted by molar-refractivity contribution is 0.344. The molecule has 1 heterocycles. The highest BCUT2D eigenvalue weighted by Crippen LogP contribution is 2.43. The van der Waals surface area contributed by atoms with E-state index in [1.165, 1.54) is 12.1 Å². The van der Waals surface area contributed by atoms with E-state index < -0.39 is 38.8 Å². The molecule has 0 fully saturated rings. The fourth-order valence-electron chi connectivity index (χ4n) is 2.45. The molecule has 1 aromatic heterocycles. The van der Waals surface area contributed by atoms with Crippen LogP contribution in [0.4, 0.5) is 0 Å². The summed E-state index contributed by atoms with van der Waals surface area (Å²) in [7, 11) is -3.86. The van der Waals surface area contributed by atoms with Crippen molar-refractivity contribution in [3.63, 3.8) is 0 Å². The summed E-state index contributed by atoms with van der Waals surface area (Å²) in [5, 5.41) is 28.9. The maximum absolute atomic E-state index is 12.4. The molecule has 0 aliphatic heterocycles. The fraction of sp³-hybridized carbons (Fsp3) is 0.0625. The minimum absolute atomic E-state index is 0.0508. The third-order valence-corrected chi connectivity index (χ3v) is 3.96. The van der Waals surface area contributed by atoms with Gasteiger partial charge in [-0.1, -0.05) is 0 Å². The lowest BCUT2D eigenvalue weighted by Crippen LogP contribution is -2.09. The Morgan fingerprint density at radius 1 is 1.04 bits per heavy atom. The molecule has 3 rings (SSSR count). The summed E-state index contributed by atoms with van der Waals surface area (Å²) < 4.78 is 45.5. The van der Waals surface area contributed by atoms with Gasteiger partial charge in [0.1, 0.15) is 16.7 Å². The van der Waals surface area contributed by atoms with E-state index in [1.807, 2.05) is 0 Å². The lowest BCUT2D eigenvalue weighted by Gasteiger charge is -2.12. The van der Waals surface area contributed by atoms with E-state index in [0.29, 0.717) is 0 Å². The molecule has 0 saturated heterocycles. The van der Waals surface area contributed by atoms with Gasteiger partial charge in [0.25, 0.3) is 0 Å². The molecule has 0 amide bonds. The number of hydrogen-bond acceptors (Lipinski definition) is 9. The zero-order valence-corrected chi connectivity index (χ0v) is 14.3. The number of phenols is 3. The van der Waals surface area contributed by atoms with Gasteiger partial charge in [-0.25, -0.2) is 0 Å². The zero-order chi connectivity index (χ0) is 19.9. The molecular formula is C16H12O10S. The Kier molecular flexibility index (Phi) is 4.33. The Bertz CT molecular complexity index is 1210. The van der Waals surface area contributed by atoms with E-state index in [0.717, 1.165) is 25.3 Å². The number of aromatic hydroxyl groups is 3. The molecule has 11 heteroatoms. The van der Waals surface area contributed by atoms with Crippen molar-refractivity contribution in [2.75, 3.05) is 7.11 Å². The number of hydrogen-bond donors (Lipinski definition) is 4. The highest BCUT2D eigenvalue weighted by atomic mass is 32.3. The summed E-state index contributed by atoms with van der Waals surface area (Å²) in [6, 6.07) is 5.63. The van der Waals surface area contributed by atoms with Crippen molar-refractivity contribution >= 4 is 21.4 Å². The molecule has 0 radical (unpaired) electrons. The van der Waals surface area contributed by atoms with Crippen LogP contribution in [0.25, 0.3) is 22.3 Å². The van der Waals surface area contributed by atoms with Gasteiger partial charge in [-0.05, 0) is 18.2 Å². The van der Waals surface area contributed by atoms with E-state index >= 15 is 0 Å². The van der Waals surface area contributed by atoms with Crippen molar-refractivity contribution in [3.8, 4) is 40.1 Å². The van der Waals surface area contributed by atoms with Crippen LogP contribution < -0.4 is 14.3 Å². The molecule has 0 unspecified atom stereocenters. The van der Waals surface area contributed by atoms with Gasteiger partial charge in [0.05, 0.1) is 7.11 Å². The second-order valence-electron chi connectivity index (χ2n) is 5.32. The minimum Gasteiger partial charge on any atom is -0.504 e. The second kappa shape index (κ2) is 6.37. The first kappa shape index (κ1) is 18.4. The number of ether oxygens (including phenoxy) is 1. The first-order valence-electron chi connectivity index (χ1n) is 7.17. The smallest absolute Gasteiger partial charge is 0.446 e. The highest BCUT2D eigenvalue weighted by Gasteiger charge is 2.23. The van der Waals surface area contributed by atoms with Crippen LogP contribution in [0, 0.1) is 0 Å². The zero-order valence-electron chi connectivity index (χ0n) is 13.5. The van der Waals surface area contributed by atoms with Gasteiger partial charge in [-0.3, -0.25) is 9.35 Å². The van der Waals surface area contributed by atoms with Crippen LogP contribution in [-0.2, 0) is 10.4 Å². The van der Waals surface area contributed by atoms with Gasteiger partial charge in [0.2, 0.25) is 5.75 Å². The van der Waals surface area contributed by atoms with Gasteiger partial charge in [-0.2, -0.15) is 8.42 Å². The minimum atomic E-state index is -4.95. The third kappa shape index (κ3) is 3.45. The van der Waals surface area contributed by atoms with Gasteiger partial charge >= 0.3 is 10.4 Å².